The van der Waals surface area contributed by atoms with Crippen molar-refractivity contribution >= 4 is 11.6 Å². The molecule has 0 aliphatic carbocycles. The van der Waals surface area contributed by atoms with Crippen molar-refractivity contribution in [3.8, 4) is 0 Å². The van der Waals surface area contributed by atoms with Crippen LogP contribution in [0.1, 0.15) is 46.0 Å². The minimum atomic E-state index is -0.0824. The van der Waals surface area contributed by atoms with Gasteiger partial charge in [-0.2, -0.15) is 0 Å². The molecule has 2 N–H and O–H groups in total. The van der Waals surface area contributed by atoms with Crippen LogP contribution in [0.3, 0.4) is 0 Å². The van der Waals surface area contributed by atoms with Gasteiger partial charge in [-0.15, -0.1) is 0 Å². The van der Waals surface area contributed by atoms with E-state index in [1.807, 2.05) is 45.0 Å². The van der Waals surface area contributed by atoms with Gasteiger partial charge in [0.15, 0.2) is 0 Å². The molecule has 2 aromatic rings. The van der Waals surface area contributed by atoms with Crippen LogP contribution in [0.2, 0.25) is 0 Å². The quantitative estimate of drug-likeness (QED) is 0.900. The van der Waals surface area contributed by atoms with Gasteiger partial charge < -0.3 is 15.1 Å². The number of hydrogen-bond donors (Lipinski definition) is 2. The SMILES string of the molecule is CNC(=O)c1ccc(C)c(NC(C)c2cc(C)oc2C)c1. The molecule has 2 rings (SSSR count). The van der Waals surface area contributed by atoms with Crippen molar-refractivity contribution in [2.45, 2.75) is 33.7 Å². The van der Waals surface area contributed by atoms with E-state index in [4.69, 9.17) is 4.42 Å². The molecular formula is C17H22N2O2. The number of nitrogens with one attached hydrogen (secondary N) is 2. The van der Waals surface area contributed by atoms with E-state index in [9.17, 15) is 4.79 Å². The summed E-state index contributed by atoms with van der Waals surface area (Å²) >= 11 is 0. The highest BCUT2D eigenvalue weighted by atomic mass is 16.3. The fraction of sp³-hybridized carbons (Fsp3) is 0.353. The lowest BCUT2D eigenvalue weighted by atomic mass is 10.1. The molecular weight excluding hydrogens is 264 g/mol. The van der Waals surface area contributed by atoms with E-state index >= 15 is 0 Å². The molecule has 0 aliphatic rings. The molecule has 1 amide bonds. The van der Waals surface area contributed by atoms with Crippen LogP contribution in [-0.2, 0) is 0 Å². The fourth-order valence-corrected chi connectivity index (χ4v) is 2.45. The van der Waals surface area contributed by atoms with E-state index in [1.165, 1.54) is 0 Å². The Bertz CT molecular complexity index is 659. The van der Waals surface area contributed by atoms with Crippen LogP contribution in [0.25, 0.3) is 0 Å². The topological polar surface area (TPSA) is 54.3 Å². The van der Waals surface area contributed by atoms with Crippen molar-refractivity contribution in [1.29, 1.82) is 0 Å². The summed E-state index contributed by atoms with van der Waals surface area (Å²) in [4.78, 5) is 11.7. The molecule has 0 spiro atoms. The lowest BCUT2D eigenvalue weighted by molar-refractivity contribution is 0.0963. The number of aryl methyl sites for hydroxylation is 3. The molecule has 0 aliphatic heterocycles. The van der Waals surface area contributed by atoms with Gasteiger partial charge in [0.2, 0.25) is 0 Å². The Balaban J connectivity index is 2.26. The molecule has 0 fully saturated rings. The van der Waals surface area contributed by atoms with Crippen molar-refractivity contribution in [2.75, 3.05) is 12.4 Å². The highest BCUT2D eigenvalue weighted by Crippen LogP contribution is 2.27. The van der Waals surface area contributed by atoms with Crippen molar-refractivity contribution in [3.63, 3.8) is 0 Å². The van der Waals surface area contributed by atoms with E-state index in [0.29, 0.717) is 5.56 Å². The summed E-state index contributed by atoms with van der Waals surface area (Å²) in [7, 11) is 1.63. The number of furan rings is 1. The minimum absolute atomic E-state index is 0.0824. The molecule has 4 nitrogen and oxygen atoms in total. The molecule has 1 atom stereocenters. The Morgan fingerprint density at radius 2 is 1.90 bits per heavy atom. The van der Waals surface area contributed by atoms with E-state index in [0.717, 1.165) is 28.3 Å². The lowest BCUT2D eigenvalue weighted by Gasteiger charge is -2.17. The standard InChI is InChI=1S/C17H22N2O2/c1-10-6-7-14(17(20)18-5)9-16(10)19-12(3)15-8-11(2)21-13(15)4/h6-9,12,19H,1-5H3,(H,18,20). The number of hydrogen-bond acceptors (Lipinski definition) is 3. The molecule has 0 saturated carbocycles. The Morgan fingerprint density at radius 3 is 2.48 bits per heavy atom. The van der Waals surface area contributed by atoms with E-state index in [2.05, 4.69) is 17.6 Å². The second-order valence-electron chi connectivity index (χ2n) is 5.34. The Hall–Kier alpha value is -2.23. The first-order valence-corrected chi connectivity index (χ1v) is 7.08. The molecule has 0 saturated heterocycles. The van der Waals surface area contributed by atoms with Crippen molar-refractivity contribution in [2.24, 2.45) is 0 Å². The summed E-state index contributed by atoms with van der Waals surface area (Å²) in [5.74, 6) is 1.75. The largest absolute Gasteiger partial charge is 0.466 e. The third-order valence-electron chi connectivity index (χ3n) is 3.64. The average Bonchev–Trinajstić information content (AvgIpc) is 2.79. The second kappa shape index (κ2) is 6.04. The third kappa shape index (κ3) is 3.27. The lowest BCUT2D eigenvalue weighted by Crippen LogP contribution is -2.18. The summed E-state index contributed by atoms with van der Waals surface area (Å²) in [5.41, 5.74) is 3.85. The molecule has 1 unspecified atom stereocenters. The summed E-state index contributed by atoms with van der Waals surface area (Å²) < 4.78 is 5.58. The monoisotopic (exact) mass is 286 g/mol. The Labute approximate surface area is 125 Å². The molecule has 1 aromatic carbocycles. The normalized spacial score (nSPS) is 12.0. The van der Waals surface area contributed by atoms with Gasteiger partial charge in [0.05, 0.1) is 6.04 Å². The maximum Gasteiger partial charge on any atom is 0.251 e. The van der Waals surface area contributed by atoms with Gasteiger partial charge in [0.25, 0.3) is 5.91 Å². The molecule has 1 aromatic heterocycles. The average molecular weight is 286 g/mol. The van der Waals surface area contributed by atoms with Gasteiger partial charge in [-0.3, -0.25) is 4.79 Å². The third-order valence-corrected chi connectivity index (χ3v) is 3.64. The Morgan fingerprint density at radius 1 is 1.19 bits per heavy atom. The van der Waals surface area contributed by atoms with Crippen LogP contribution in [-0.4, -0.2) is 13.0 Å². The fourth-order valence-electron chi connectivity index (χ4n) is 2.45. The first-order chi connectivity index (χ1) is 9.92. The summed E-state index contributed by atoms with van der Waals surface area (Å²) in [6.45, 7) is 8.02. The first kappa shape index (κ1) is 15.2. The van der Waals surface area contributed by atoms with Gasteiger partial charge >= 0.3 is 0 Å². The molecule has 0 bridgehead atoms. The highest BCUT2D eigenvalue weighted by molar-refractivity contribution is 5.95. The number of carbonyl (C=O) groups excluding carboxylic acids is 1. The van der Waals surface area contributed by atoms with Gasteiger partial charge in [-0.05, 0) is 51.5 Å². The predicted molar refractivity (Wildman–Crippen MR) is 84.8 cm³/mol. The van der Waals surface area contributed by atoms with Crippen LogP contribution in [0.5, 0.6) is 0 Å². The number of carbonyl (C=O) groups is 1. The van der Waals surface area contributed by atoms with Crippen LogP contribution >= 0.6 is 0 Å². The minimum Gasteiger partial charge on any atom is -0.466 e. The number of anilines is 1. The number of amides is 1. The molecule has 1 heterocycles. The Kier molecular flexibility index (Phi) is 4.36. The van der Waals surface area contributed by atoms with Crippen LogP contribution in [0.4, 0.5) is 5.69 Å². The number of rotatable bonds is 4. The van der Waals surface area contributed by atoms with Crippen LogP contribution < -0.4 is 10.6 Å². The molecule has 4 heteroatoms. The van der Waals surface area contributed by atoms with E-state index in [1.54, 1.807) is 7.05 Å². The van der Waals surface area contributed by atoms with Crippen LogP contribution in [0.15, 0.2) is 28.7 Å². The molecule has 0 radical (unpaired) electrons. The van der Waals surface area contributed by atoms with Crippen molar-refractivity contribution in [1.82, 2.24) is 5.32 Å². The van der Waals surface area contributed by atoms with Gasteiger partial charge in [0.1, 0.15) is 11.5 Å². The molecule has 21 heavy (non-hydrogen) atoms. The van der Waals surface area contributed by atoms with Gasteiger partial charge in [-0.1, -0.05) is 6.07 Å². The zero-order chi connectivity index (χ0) is 15.6. The smallest absolute Gasteiger partial charge is 0.251 e. The van der Waals surface area contributed by atoms with Crippen molar-refractivity contribution in [3.05, 3.63) is 52.5 Å². The van der Waals surface area contributed by atoms with Gasteiger partial charge in [-0.25, -0.2) is 0 Å². The maximum absolute atomic E-state index is 11.7. The number of benzene rings is 1. The summed E-state index contributed by atoms with van der Waals surface area (Å²) in [6.07, 6.45) is 0. The summed E-state index contributed by atoms with van der Waals surface area (Å²) in [5, 5.41) is 6.10. The van der Waals surface area contributed by atoms with E-state index < -0.39 is 0 Å². The predicted octanol–water partition coefficient (Wildman–Crippen LogP) is 3.74. The van der Waals surface area contributed by atoms with E-state index in [-0.39, 0.29) is 11.9 Å². The zero-order valence-corrected chi connectivity index (χ0v) is 13.2. The van der Waals surface area contributed by atoms with Crippen molar-refractivity contribution < 1.29 is 9.21 Å². The highest BCUT2D eigenvalue weighted by Gasteiger charge is 2.14. The summed E-state index contributed by atoms with van der Waals surface area (Å²) in [6, 6.07) is 7.82. The molecule has 112 valence electrons. The zero-order valence-electron chi connectivity index (χ0n) is 13.2. The van der Waals surface area contributed by atoms with Crippen LogP contribution in [0, 0.1) is 20.8 Å². The first-order valence-electron chi connectivity index (χ1n) is 7.08. The second-order valence-corrected chi connectivity index (χ2v) is 5.34. The maximum atomic E-state index is 11.7. The van der Waals surface area contributed by atoms with Gasteiger partial charge in [0, 0.05) is 23.9 Å².